The second-order valence-corrected chi connectivity index (χ2v) is 5.36. The van der Waals surface area contributed by atoms with Crippen molar-refractivity contribution in [2.24, 2.45) is 5.73 Å². The van der Waals surface area contributed by atoms with Crippen molar-refractivity contribution in [2.45, 2.75) is 17.4 Å². The van der Waals surface area contributed by atoms with Gasteiger partial charge in [0.1, 0.15) is 4.90 Å². The molecule has 0 aromatic carbocycles. The Morgan fingerprint density at radius 3 is 2.94 bits per heavy atom. The van der Waals surface area contributed by atoms with Crippen LogP contribution in [0.3, 0.4) is 0 Å². The first kappa shape index (κ1) is 14.0. The van der Waals surface area contributed by atoms with E-state index in [-0.39, 0.29) is 17.5 Å². The average molecular weight is 259 g/mol. The molecule has 0 fully saturated rings. The van der Waals surface area contributed by atoms with Crippen LogP contribution in [0.2, 0.25) is 0 Å². The van der Waals surface area contributed by atoms with Gasteiger partial charge in [0.15, 0.2) is 0 Å². The monoisotopic (exact) mass is 259 g/mol. The number of nitrogens with one attached hydrogen (secondary N) is 1. The Morgan fingerprint density at radius 2 is 2.35 bits per heavy atom. The molecule has 6 nitrogen and oxygen atoms in total. The summed E-state index contributed by atoms with van der Waals surface area (Å²) < 4.78 is 30.8. The van der Waals surface area contributed by atoms with Crippen LogP contribution < -0.4 is 10.5 Å². The topological polar surface area (TPSA) is 94.3 Å². The number of nitrogens with zero attached hydrogens (tertiary/aromatic N) is 1. The van der Waals surface area contributed by atoms with Crippen molar-refractivity contribution in [3.8, 4) is 0 Å². The lowest BCUT2D eigenvalue weighted by atomic mass is 10.2. The standard InChI is InChI=1S/C10H17N3O3S/c1-16-8-9(11)4-6-13-17(14,15)10-3-2-5-12-7-10/h2-3,5,7,9,13H,4,6,8,11H2,1H3. The van der Waals surface area contributed by atoms with Gasteiger partial charge in [-0.25, -0.2) is 13.1 Å². The molecule has 0 aliphatic rings. The number of methoxy groups -OCH3 is 1. The highest BCUT2D eigenvalue weighted by Gasteiger charge is 2.13. The van der Waals surface area contributed by atoms with Gasteiger partial charge in [-0.15, -0.1) is 0 Å². The number of aromatic nitrogens is 1. The molecule has 0 saturated carbocycles. The highest BCUT2D eigenvalue weighted by atomic mass is 32.2. The summed E-state index contributed by atoms with van der Waals surface area (Å²) in [5.74, 6) is 0. The molecular formula is C10H17N3O3S. The molecule has 3 N–H and O–H groups in total. The van der Waals surface area contributed by atoms with Gasteiger partial charge in [-0.3, -0.25) is 4.98 Å². The molecule has 7 heteroatoms. The van der Waals surface area contributed by atoms with Crippen molar-refractivity contribution in [1.29, 1.82) is 0 Å². The third-order valence-corrected chi connectivity index (χ3v) is 3.58. The van der Waals surface area contributed by atoms with E-state index in [0.29, 0.717) is 13.0 Å². The van der Waals surface area contributed by atoms with E-state index in [1.807, 2.05) is 0 Å². The first-order valence-electron chi connectivity index (χ1n) is 5.20. The zero-order valence-corrected chi connectivity index (χ0v) is 10.5. The molecule has 1 aromatic heterocycles. The lowest BCUT2D eigenvalue weighted by Gasteiger charge is -2.11. The van der Waals surface area contributed by atoms with Gasteiger partial charge in [-0.2, -0.15) is 0 Å². The van der Waals surface area contributed by atoms with E-state index in [0.717, 1.165) is 0 Å². The Hall–Kier alpha value is -1.02. The van der Waals surface area contributed by atoms with E-state index in [1.54, 1.807) is 13.2 Å². The van der Waals surface area contributed by atoms with Crippen LogP contribution in [0, 0.1) is 0 Å². The van der Waals surface area contributed by atoms with Gasteiger partial charge in [0.05, 0.1) is 6.61 Å². The highest BCUT2D eigenvalue weighted by Crippen LogP contribution is 2.05. The molecule has 1 rings (SSSR count). The van der Waals surface area contributed by atoms with Gasteiger partial charge in [0.25, 0.3) is 0 Å². The minimum Gasteiger partial charge on any atom is -0.383 e. The fourth-order valence-corrected chi connectivity index (χ4v) is 2.28. The maximum Gasteiger partial charge on any atom is 0.242 e. The van der Waals surface area contributed by atoms with Gasteiger partial charge in [-0.1, -0.05) is 0 Å². The number of hydrogen-bond donors (Lipinski definition) is 2. The fraction of sp³-hybridized carbons (Fsp3) is 0.500. The maximum absolute atomic E-state index is 11.7. The number of hydrogen-bond acceptors (Lipinski definition) is 5. The summed E-state index contributed by atoms with van der Waals surface area (Å²) in [5.41, 5.74) is 5.68. The first-order valence-corrected chi connectivity index (χ1v) is 6.69. The Balaban J connectivity index is 2.46. The van der Waals surface area contributed by atoms with E-state index in [1.165, 1.54) is 18.5 Å². The predicted molar refractivity (Wildman–Crippen MR) is 63.9 cm³/mol. The van der Waals surface area contributed by atoms with Gasteiger partial charge in [0, 0.05) is 32.1 Å². The largest absolute Gasteiger partial charge is 0.383 e. The van der Waals surface area contributed by atoms with Crippen LogP contribution in [0.25, 0.3) is 0 Å². The van der Waals surface area contributed by atoms with Crippen molar-refractivity contribution in [1.82, 2.24) is 9.71 Å². The molecule has 0 aliphatic carbocycles. The molecule has 0 amide bonds. The van der Waals surface area contributed by atoms with E-state index in [2.05, 4.69) is 9.71 Å². The van der Waals surface area contributed by atoms with E-state index >= 15 is 0 Å². The summed E-state index contributed by atoms with van der Waals surface area (Å²) in [4.78, 5) is 3.91. The fourth-order valence-electron chi connectivity index (χ4n) is 1.27. The predicted octanol–water partition coefficient (Wildman–Crippen LogP) is -0.276. The quantitative estimate of drug-likeness (QED) is 0.702. The Labute approximate surface area is 101 Å². The Bertz CT molecular complexity index is 422. The van der Waals surface area contributed by atoms with Crippen molar-refractivity contribution >= 4 is 10.0 Å². The Morgan fingerprint density at radius 1 is 1.59 bits per heavy atom. The van der Waals surface area contributed by atoms with Crippen molar-refractivity contribution in [3.05, 3.63) is 24.5 Å². The molecule has 1 aromatic rings. The van der Waals surface area contributed by atoms with E-state index < -0.39 is 10.0 Å². The molecule has 1 unspecified atom stereocenters. The first-order chi connectivity index (χ1) is 8.06. The number of nitrogens with two attached hydrogens (primary N) is 1. The normalized spacial score (nSPS) is 13.5. The number of rotatable bonds is 7. The van der Waals surface area contributed by atoms with Crippen molar-refractivity contribution < 1.29 is 13.2 Å². The number of sulfonamides is 1. The summed E-state index contributed by atoms with van der Waals surface area (Å²) in [5, 5.41) is 0. The van der Waals surface area contributed by atoms with Crippen molar-refractivity contribution in [3.63, 3.8) is 0 Å². The van der Waals surface area contributed by atoms with Crippen LogP contribution in [-0.4, -0.2) is 39.7 Å². The zero-order valence-electron chi connectivity index (χ0n) is 9.67. The van der Waals surface area contributed by atoms with Crippen LogP contribution >= 0.6 is 0 Å². The maximum atomic E-state index is 11.7. The van der Waals surface area contributed by atoms with Crippen LogP contribution in [0.15, 0.2) is 29.4 Å². The molecular weight excluding hydrogens is 242 g/mol. The summed E-state index contributed by atoms with van der Waals surface area (Å²) in [6, 6.07) is 2.90. The van der Waals surface area contributed by atoms with E-state index in [4.69, 9.17) is 10.5 Å². The molecule has 0 bridgehead atoms. The zero-order chi connectivity index (χ0) is 12.7. The lowest BCUT2D eigenvalue weighted by molar-refractivity contribution is 0.177. The second-order valence-electron chi connectivity index (χ2n) is 3.59. The van der Waals surface area contributed by atoms with Gasteiger partial charge in [0.2, 0.25) is 10.0 Å². The smallest absolute Gasteiger partial charge is 0.242 e. The minimum atomic E-state index is -3.48. The summed E-state index contributed by atoms with van der Waals surface area (Å²) in [6.07, 6.45) is 3.35. The molecule has 1 atom stereocenters. The molecule has 1 heterocycles. The van der Waals surface area contributed by atoms with Crippen LogP contribution in [0.1, 0.15) is 6.42 Å². The number of pyridine rings is 1. The molecule has 0 radical (unpaired) electrons. The minimum absolute atomic E-state index is 0.153. The highest BCUT2D eigenvalue weighted by molar-refractivity contribution is 7.89. The van der Waals surface area contributed by atoms with Crippen LogP contribution in [0.4, 0.5) is 0 Å². The van der Waals surface area contributed by atoms with Crippen LogP contribution in [-0.2, 0) is 14.8 Å². The molecule has 0 aliphatic heterocycles. The van der Waals surface area contributed by atoms with Crippen LogP contribution in [0.5, 0.6) is 0 Å². The molecule has 96 valence electrons. The Kier molecular flexibility index (Phi) is 5.49. The van der Waals surface area contributed by atoms with Gasteiger partial charge in [-0.05, 0) is 18.6 Å². The summed E-state index contributed by atoms with van der Waals surface area (Å²) >= 11 is 0. The van der Waals surface area contributed by atoms with Gasteiger partial charge < -0.3 is 10.5 Å². The van der Waals surface area contributed by atoms with Gasteiger partial charge >= 0.3 is 0 Å². The summed E-state index contributed by atoms with van der Waals surface area (Å²) in [6.45, 7) is 0.691. The van der Waals surface area contributed by atoms with Crippen molar-refractivity contribution in [2.75, 3.05) is 20.3 Å². The molecule has 17 heavy (non-hydrogen) atoms. The van der Waals surface area contributed by atoms with E-state index in [9.17, 15) is 8.42 Å². The summed E-state index contributed by atoms with van der Waals surface area (Å²) in [7, 11) is -1.92. The lowest BCUT2D eigenvalue weighted by Crippen LogP contribution is -2.32. The third-order valence-electron chi connectivity index (χ3n) is 2.13. The number of ether oxygens (including phenoxy) is 1. The third kappa shape index (κ3) is 4.78. The second kappa shape index (κ2) is 6.65. The SMILES string of the molecule is COCC(N)CCNS(=O)(=O)c1cccnc1. The average Bonchev–Trinajstić information content (AvgIpc) is 2.30. The molecule has 0 spiro atoms. The molecule has 0 saturated heterocycles.